The van der Waals surface area contributed by atoms with Gasteiger partial charge in [-0.2, -0.15) is 9.40 Å². The number of amides is 2. The Hall–Kier alpha value is -2.52. The second kappa shape index (κ2) is 6.03. The summed E-state index contributed by atoms with van der Waals surface area (Å²) < 4.78 is 28.4. The molecule has 1 unspecified atom stereocenters. The van der Waals surface area contributed by atoms with Gasteiger partial charge in [0.05, 0.1) is 12.1 Å². The van der Waals surface area contributed by atoms with Crippen LogP contribution in [-0.4, -0.2) is 34.3 Å². The number of hydrogen-bond donors (Lipinski definition) is 1. The van der Waals surface area contributed by atoms with Crippen molar-refractivity contribution in [2.24, 2.45) is 7.05 Å². The first-order chi connectivity index (χ1) is 12.3. The third kappa shape index (κ3) is 2.82. The molecule has 3 heterocycles. The molecule has 1 fully saturated rings. The van der Waals surface area contributed by atoms with Gasteiger partial charge in [-0.05, 0) is 23.1 Å². The normalized spacial score (nSPS) is 20.9. The van der Waals surface area contributed by atoms with Crippen LogP contribution in [0.2, 0.25) is 0 Å². The van der Waals surface area contributed by atoms with Crippen LogP contribution in [0.3, 0.4) is 0 Å². The number of carbonyl (C=O) groups excluding carboxylic acids is 2. The van der Waals surface area contributed by atoms with Crippen molar-refractivity contribution in [1.29, 1.82) is 0 Å². The third-order valence-electron chi connectivity index (χ3n) is 4.88. The quantitative estimate of drug-likeness (QED) is 0.795. The Morgan fingerprint density at radius 2 is 1.96 bits per heavy atom. The van der Waals surface area contributed by atoms with E-state index in [9.17, 15) is 18.0 Å². The number of fused-ring (bicyclic) bond motifs is 1. The summed E-state index contributed by atoms with van der Waals surface area (Å²) in [5, 5.41) is 6.29. The monoisotopic (exact) mass is 374 g/mol. The summed E-state index contributed by atoms with van der Waals surface area (Å²) >= 11 is 0. The smallest absolute Gasteiger partial charge is 0.246 e. The lowest BCUT2D eigenvalue weighted by Gasteiger charge is -2.21. The van der Waals surface area contributed by atoms with Gasteiger partial charge in [0.2, 0.25) is 21.8 Å². The molecule has 2 aromatic rings. The molecule has 2 aliphatic rings. The van der Waals surface area contributed by atoms with E-state index in [1.165, 1.54) is 21.4 Å². The first-order valence-corrected chi connectivity index (χ1v) is 9.73. The minimum absolute atomic E-state index is 0.165. The van der Waals surface area contributed by atoms with Gasteiger partial charge in [-0.25, -0.2) is 8.42 Å². The summed E-state index contributed by atoms with van der Waals surface area (Å²) in [5.74, 6) is -0.915. The van der Waals surface area contributed by atoms with Gasteiger partial charge in [0.25, 0.3) is 0 Å². The van der Waals surface area contributed by atoms with Crippen molar-refractivity contribution in [2.75, 3.05) is 0 Å². The fourth-order valence-corrected chi connectivity index (χ4v) is 4.84. The predicted octanol–water partition coefficient (Wildman–Crippen LogP) is 0.645. The first-order valence-electron chi connectivity index (χ1n) is 8.29. The summed E-state index contributed by atoms with van der Waals surface area (Å²) in [6, 6.07) is 5.60. The molecule has 9 heteroatoms. The molecule has 1 aromatic heterocycles. The van der Waals surface area contributed by atoms with Crippen LogP contribution in [0.5, 0.6) is 0 Å². The van der Waals surface area contributed by atoms with E-state index in [2.05, 4.69) is 10.4 Å². The van der Waals surface area contributed by atoms with Crippen molar-refractivity contribution in [3.05, 3.63) is 47.3 Å². The van der Waals surface area contributed by atoms with E-state index in [1.54, 1.807) is 7.05 Å². The van der Waals surface area contributed by atoms with E-state index < -0.39 is 10.0 Å². The molecule has 8 nitrogen and oxygen atoms in total. The molecule has 2 aliphatic heterocycles. The van der Waals surface area contributed by atoms with E-state index in [1.807, 2.05) is 18.2 Å². The van der Waals surface area contributed by atoms with Gasteiger partial charge >= 0.3 is 0 Å². The number of sulfonamides is 1. The van der Waals surface area contributed by atoms with Crippen molar-refractivity contribution in [3.8, 4) is 0 Å². The third-order valence-corrected chi connectivity index (χ3v) is 6.63. The maximum Gasteiger partial charge on any atom is 0.246 e. The minimum atomic E-state index is -3.62. The van der Waals surface area contributed by atoms with E-state index in [-0.39, 0.29) is 29.2 Å². The summed E-state index contributed by atoms with van der Waals surface area (Å²) in [4.78, 5) is 23.5. The number of carbonyl (C=O) groups is 2. The van der Waals surface area contributed by atoms with E-state index >= 15 is 0 Å². The minimum Gasteiger partial charge on any atom is -0.296 e. The Kier molecular flexibility index (Phi) is 3.92. The van der Waals surface area contributed by atoms with Crippen LogP contribution in [0.25, 0.3) is 0 Å². The number of imide groups is 1. The average Bonchev–Trinajstić information content (AvgIpc) is 3.21. The zero-order valence-corrected chi connectivity index (χ0v) is 15.0. The van der Waals surface area contributed by atoms with Crippen molar-refractivity contribution in [3.63, 3.8) is 0 Å². The van der Waals surface area contributed by atoms with Crippen molar-refractivity contribution >= 4 is 21.8 Å². The van der Waals surface area contributed by atoms with Crippen LogP contribution in [0.15, 0.2) is 35.5 Å². The molecular weight excluding hydrogens is 356 g/mol. The molecular formula is C17H18N4O4S. The molecule has 0 spiro atoms. The second-order valence-electron chi connectivity index (χ2n) is 6.65. The zero-order chi connectivity index (χ0) is 18.5. The number of nitrogens with one attached hydrogen (secondary N) is 1. The number of nitrogens with zero attached hydrogens (tertiary/aromatic N) is 3. The summed E-state index contributed by atoms with van der Waals surface area (Å²) in [5.41, 5.74) is 2.63. The zero-order valence-electron chi connectivity index (χ0n) is 14.2. The summed E-state index contributed by atoms with van der Waals surface area (Å²) in [6.45, 7) is 0.551. The van der Waals surface area contributed by atoms with Crippen LogP contribution < -0.4 is 5.32 Å². The van der Waals surface area contributed by atoms with Crippen LogP contribution in [0, 0.1) is 0 Å². The van der Waals surface area contributed by atoms with Gasteiger partial charge in [-0.1, -0.05) is 18.2 Å². The molecule has 0 aliphatic carbocycles. The number of hydrogen-bond acceptors (Lipinski definition) is 5. The molecule has 1 atom stereocenters. The van der Waals surface area contributed by atoms with Crippen LogP contribution in [0.4, 0.5) is 0 Å². The summed E-state index contributed by atoms with van der Waals surface area (Å²) in [6.07, 6.45) is 3.61. The van der Waals surface area contributed by atoms with Crippen LogP contribution in [-0.2, 0) is 39.7 Å². The van der Waals surface area contributed by atoms with Gasteiger partial charge in [-0.15, -0.1) is 0 Å². The highest BCUT2D eigenvalue weighted by Crippen LogP contribution is 2.32. The fraction of sp³-hybridized carbons (Fsp3) is 0.353. The molecule has 4 rings (SSSR count). The number of piperidine rings is 1. The highest BCUT2D eigenvalue weighted by atomic mass is 32.2. The second-order valence-corrected chi connectivity index (χ2v) is 8.59. The van der Waals surface area contributed by atoms with Gasteiger partial charge in [0, 0.05) is 32.8 Å². The molecule has 136 valence electrons. The molecule has 0 bridgehead atoms. The van der Waals surface area contributed by atoms with Crippen LogP contribution >= 0.6 is 0 Å². The van der Waals surface area contributed by atoms with E-state index in [0.717, 1.165) is 16.7 Å². The Balaban J connectivity index is 1.58. The standard InChI is InChI=1S/C17H18N4O4S/c1-20-10-14(7-18-20)26(24,25)21-8-12-3-2-11(6-13(12)9-21)15-4-5-16(22)19-17(15)23/h2-3,6-7,10,15H,4-5,8-9H2,1H3,(H,19,22,23). The highest BCUT2D eigenvalue weighted by Gasteiger charge is 2.33. The van der Waals surface area contributed by atoms with Gasteiger partial charge in [0.15, 0.2) is 0 Å². The Morgan fingerprint density at radius 3 is 2.65 bits per heavy atom. The van der Waals surface area contributed by atoms with Crippen LogP contribution in [0.1, 0.15) is 35.4 Å². The van der Waals surface area contributed by atoms with Gasteiger partial charge < -0.3 is 0 Å². The summed E-state index contributed by atoms with van der Waals surface area (Å²) in [7, 11) is -1.94. The van der Waals surface area contributed by atoms with E-state index in [4.69, 9.17) is 0 Å². The van der Waals surface area contributed by atoms with Crippen molar-refractivity contribution in [1.82, 2.24) is 19.4 Å². The largest absolute Gasteiger partial charge is 0.296 e. The topological polar surface area (TPSA) is 101 Å². The number of rotatable bonds is 3. The Labute approximate surface area is 150 Å². The lowest BCUT2D eigenvalue weighted by molar-refractivity contribution is -0.134. The molecule has 0 saturated carbocycles. The molecule has 26 heavy (non-hydrogen) atoms. The Morgan fingerprint density at radius 1 is 1.19 bits per heavy atom. The molecule has 1 N–H and O–H groups in total. The predicted molar refractivity (Wildman–Crippen MR) is 91.2 cm³/mol. The van der Waals surface area contributed by atoms with Crippen molar-refractivity contribution in [2.45, 2.75) is 36.7 Å². The first kappa shape index (κ1) is 16.9. The maximum atomic E-state index is 12.8. The fourth-order valence-electron chi connectivity index (χ4n) is 3.46. The van der Waals surface area contributed by atoms with Gasteiger partial charge in [-0.3, -0.25) is 19.6 Å². The van der Waals surface area contributed by atoms with E-state index in [0.29, 0.717) is 19.4 Å². The maximum absolute atomic E-state index is 12.8. The molecule has 2 amide bonds. The number of aromatic nitrogens is 2. The average molecular weight is 374 g/mol. The van der Waals surface area contributed by atoms with Crippen molar-refractivity contribution < 1.29 is 18.0 Å². The molecule has 1 saturated heterocycles. The molecule has 1 aromatic carbocycles. The molecule has 0 radical (unpaired) electrons. The number of aryl methyl sites for hydroxylation is 1. The lowest BCUT2D eigenvalue weighted by atomic mass is 9.89. The lowest BCUT2D eigenvalue weighted by Crippen LogP contribution is -2.39. The van der Waals surface area contributed by atoms with Gasteiger partial charge in [0.1, 0.15) is 4.90 Å². The highest BCUT2D eigenvalue weighted by molar-refractivity contribution is 7.89. The Bertz CT molecular complexity index is 1010. The number of benzene rings is 1. The SMILES string of the molecule is Cn1cc(S(=O)(=O)N2Cc3ccc(C4CCC(=O)NC4=O)cc3C2)cn1.